The first kappa shape index (κ1) is 33.6. The maximum Gasteiger partial charge on any atom is 0.145 e. The molecular formula is C56H37NO. The molecule has 0 bridgehead atoms. The van der Waals surface area contributed by atoms with E-state index in [1.54, 1.807) is 0 Å². The van der Waals surface area contributed by atoms with Crippen LogP contribution in [0.1, 0.15) is 0 Å². The fourth-order valence-electron chi connectivity index (χ4n) is 8.70. The number of hydrogen-bond acceptors (Lipinski definition) is 2. The number of para-hydroxylation sites is 1. The van der Waals surface area contributed by atoms with E-state index in [9.17, 15) is 0 Å². The molecule has 0 aliphatic carbocycles. The summed E-state index contributed by atoms with van der Waals surface area (Å²) in [6.45, 7) is 0. The highest BCUT2D eigenvalue weighted by molar-refractivity contribution is 6.21. The van der Waals surface area contributed by atoms with Crippen molar-refractivity contribution in [2.75, 3.05) is 4.90 Å². The van der Waals surface area contributed by atoms with Crippen molar-refractivity contribution in [2.24, 2.45) is 0 Å². The highest BCUT2D eigenvalue weighted by Crippen LogP contribution is 2.51. The van der Waals surface area contributed by atoms with Gasteiger partial charge in [0, 0.05) is 21.9 Å². The fraction of sp³-hybridized carbons (Fsp3) is 0. The molecule has 0 unspecified atom stereocenters. The molecule has 0 N–H and O–H groups in total. The van der Waals surface area contributed by atoms with Gasteiger partial charge in [0.15, 0.2) is 0 Å². The molecule has 0 aliphatic rings. The molecule has 10 aromatic carbocycles. The maximum absolute atomic E-state index is 6.94. The minimum Gasteiger partial charge on any atom is -0.455 e. The molecule has 2 heteroatoms. The van der Waals surface area contributed by atoms with Gasteiger partial charge in [0.25, 0.3) is 0 Å². The molecule has 0 fully saturated rings. The smallest absolute Gasteiger partial charge is 0.145 e. The Kier molecular flexibility index (Phi) is 8.19. The van der Waals surface area contributed by atoms with E-state index in [1.165, 1.54) is 43.8 Å². The Hall–Kier alpha value is -7.68. The van der Waals surface area contributed by atoms with Crippen LogP contribution in [0.4, 0.5) is 17.1 Å². The van der Waals surface area contributed by atoms with Crippen molar-refractivity contribution in [1.82, 2.24) is 0 Å². The van der Waals surface area contributed by atoms with Crippen molar-refractivity contribution >= 4 is 60.5 Å². The lowest BCUT2D eigenvalue weighted by Crippen LogP contribution is -2.12. The molecule has 11 aromatic rings. The summed E-state index contributed by atoms with van der Waals surface area (Å²) in [7, 11) is 0. The van der Waals surface area contributed by atoms with Crippen LogP contribution in [0.25, 0.3) is 88.0 Å². The van der Waals surface area contributed by atoms with Crippen molar-refractivity contribution in [1.29, 1.82) is 0 Å². The Bertz CT molecular complexity index is 3260. The Labute approximate surface area is 337 Å². The first-order valence-corrected chi connectivity index (χ1v) is 19.8. The van der Waals surface area contributed by atoms with Crippen LogP contribution in [0.3, 0.4) is 0 Å². The van der Waals surface area contributed by atoms with Crippen LogP contribution in [-0.2, 0) is 0 Å². The van der Waals surface area contributed by atoms with Crippen molar-refractivity contribution in [3.8, 4) is 44.5 Å². The second kappa shape index (κ2) is 14.1. The molecular weight excluding hydrogens is 703 g/mol. The third-order valence-corrected chi connectivity index (χ3v) is 11.5. The van der Waals surface area contributed by atoms with Crippen LogP contribution >= 0.6 is 0 Å². The van der Waals surface area contributed by atoms with E-state index in [4.69, 9.17) is 4.42 Å². The summed E-state index contributed by atoms with van der Waals surface area (Å²) in [5.74, 6) is 0. The van der Waals surface area contributed by atoms with Gasteiger partial charge in [-0.2, -0.15) is 0 Å². The lowest BCUT2D eigenvalue weighted by Gasteiger charge is -2.30. The molecule has 0 amide bonds. The zero-order chi connectivity index (χ0) is 38.4. The quantitative estimate of drug-likeness (QED) is 0.151. The number of nitrogens with zero attached hydrogens (tertiary/aromatic N) is 1. The van der Waals surface area contributed by atoms with Crippen molar-refractivity contribution in [2.45, 2.75) is 0 Å². The van der Waals surface area contributed by atoms with Gasteiger partial charge in [0.1, 0.15) is 11.2 Å². The molecule has 0 spiro atoms. The number of benzene rings is 10. The Morgan fingerprint density at radius 3 is 1.57 bits per heavy atom. The standard InChI is InChI=1S/C56H37NO/c1-4-15-38(16-5-1)40-27-29-43(30-28-40)47-34-36-52(55-48-24-12-13-26-53(48)58-56(47)55)57(51-25-14-22-44-32-31-42-21-10-11-23-46(42)54(44)51)50-35-33-45(39-17-6-2-7-18-39)37-49(50)41-19-8-3-9-20-41/h1-37H. The minimum atomic E-state index is 0.859. The van der Waals surface area contributed by atoms with Gasteiger partial charge in [-0.25, -0.2) is 0 Å². The summed E-state index contributed by atoms with van der Waals surface area (Å²) >= 11 is 0. The summed E-state index contributed by atoms with van der Waals surface area (Å²) in [6, 6.07) is 80.6. The maximum atomic E-state index is 6.94. The SMILES string of the molecule is c1ccc(-c2ccc(-c3ccc(N(c4ccc(-c5ccccc5)cc4-c4ccccc4)c4cccc5ccc6ccccc6c45)c4c3oc3ccccc34)cc2)cc1. The summed E-state index contributed by atoms with van der Waals surface area (Å²) < 4.78 is 6.94. The van der Waals surface area contributed by atoms with Gasteiger partial charge >= 0.3 is 0 Å². The van der Waals surface area contributed by atoms with Crippen LogP contribution in [0.15, 0.2) is 229 Å². The molecule has 0 atom stereocenters. The molecule has 272 valence electrons. The fourth-order valence-corrected chi connectivity index (χ4v) is 8.70. The lowest BCUT2D eigenvalue weighted by atomic mass is 9.94. The average molecular weight is 740 g/mol. The zero-order valence-corrected chi connectivity index (χ0v) is 31.7. The number of hydrogen-bond donors (Lipinski definition) is 0. The second-order valence-electron chi connectivity index (χ2n) is 14.8. The number of fused-ring (bicyclic) bond motifs is 6. The lowest BCUT2D eigenvalue weighted by molar-refractivity contribution is 0.670. The van der Waals surface area contributed by atoms with Crippen LogP contribution in [0.2, 0.25) is 0 Å². The van der Waals surface area contributed by atoms with E-state index in [0.717, 1.165) is 61.3 Å². The first-order chi connectivity index (χ1) is 28.8. The van der Waals surface area contributed by atoms with E-state index in [1.807, 2.05) is 0 Å². The highest BCUT2D eigenvalue weighted by atomic mass is 16.3. The predicted molar refractivity (Wildman–Crippen MR) is 245 cm³/mol. The topological polar surface area (TPSA) is 16.4 Å². The molecule has 0 saturated carbocycles. The van der Waals surface area contributed by atoms with Crippen molar-refractivity contribution < 1.29 is 4.42 Å². The molecule has 1 aromatic heterocycles. The summed E-state index contributed by atoms with van der Waals surface area (Å²) in [6.07, 6.45) is 0. The summed E-state index contributed by atoms with van der Waals surface area (Å²) in [4.78, 5) is 2.48. The van der Waals surface area contributed by atoms with E-state index < -0.39 is 0 Å². The first-order valence-electron chi connectivity index (χ1n) is 19.8. The molecule has 11 rings (SSSR count). The van der Waals surface area contributed by atoms with Gasteiger partial charge in [0.2, 0.25) is 0 Å². The largest absolute Gasteiger partial charge is 0.455 e. The molecule has 2 nitrogen and oxygen atoms in total. The normalized spacial score (nSPS) is 11.4. The van der Waals surface area contributed by atoms with Gasteiger partial charge < -0.3 is 9.32 Å². The zero-order valence-electron chi connectivity index (χ0n) is 31.7. The Morgan fingerprint density at radius 2 is 0.810 bits per heavy atom. The van der Waals surface area contributed by atoms with E-state index >= 15 is 0 Å². The van der Waals surface area contributed by atoms with Crippen LogP contribution in [-0.4, -0.2) is 0 Å². The van der Waals surface area contributed by atoms with Gasteiger partial charge in [-0.3, -0.25) is 0 Å². The number of rotatable bonds is 7. The molecule has 0 aliphatic heterocycles. The molecule has 58 heavy (non-hydrogen) atoms. The second-order valence-corrected chi connectivity index (χ2v) is 14.8. The van der Waals surface area contributed by atoms with Crippen molar-refractivity contribution in [3.63, 3.8) is 0 Å². The highest BCUT2D eigenvalue weighted by Gasteiger charge is 2.26. The monoisotopic (exact) mass is 739 g/mol. The minimum absolute atomic E-state index is 0.859. The van der Waals surface area contributed by atoms with Crippen LogP contribution in [0.5, 0.6) is 0 Å². The van der Waals surface area contributed by atoms with E-state index in [0.29, 0.717) is 0 Å². The van der Waals surface area contributed by atoms with Gasteiger partial charge in [0.05, 0.1) is 22.4 Å². The van der Waals surface area contributed by atoms with E-state index in [2.05, 4.69) is 229 Å². The van der Waals surface area contributed by atoms with Gasteiger partial charge in [-0.05, 0) is 85.9 Å². The molecule has 0 saturated heterocycles. The predicted octanol–water partition coefficient (Wildman–Crippen LogP) is 16.0. The average Bonchev–Trinajstić information content (AvgIpc) is 3.70. The molecule has 0 radical (unpaired) electrons. The van der Waals surface area contributed by atoms with Crippen LogP contribution in [0, 0.1) is 0 Å². The molecule has 1 heterocycles. The van der Waals surface area contributed by atoms with Crippen molar-refractivity contribution in [3.05, 3.63) is 224 Å². The summed E-state index contributed by atoms with van der Waals surface area (Å²) in [5.41, 5.74) is 14.1. The number of anilines is 3. The van der Waals surface area contributed by atoms with Gasteiger partial charge in [-0.1, -0.05) is 188 Å². The van der Waals surface area contributed by atoms with Crippen LogP contribution < -0.4 is 4.90 Å². The van der Waals surface area contributed by atoms with E-state index in [-0.39, 0.29) is 0 Å². The third-order valence-electron chi connectivity index (χ3n) is 11.5. The number of furan rings is 1. The van der Waals surface area contributed by atoms with Gasteiger partial charge in [-0.15, -0.1) is 0 Å². The Balaban J connectivity index is 1.22. The Morgan fingerprint density at radius 1 is 0.293 bits per heavy atom. The summed E-state index contributed by atoms with van der Waals surface area (Å²) in [5, 5.41) is 6.96. The third kappa shape index (κ3) is 5.74.